The fourth-order valence-corrected chi connectivity index (χ4v) is 2.31. The lowest BCUT2D eigenvalue weighted by molar-refractivity contribution is 0.199. The molecule has 0 saturated heterocycles. The second-order valence-corrected chi connectivity index (χ2v) is 5.28. The molecule has 2 aromatic rings. The van der Waals surface area contributed by atoms with E-state index in [1.54, 1.807) is 45.2 Å². The summed E-state index contributed by atoms with van der Waals surface area (Å²) in [6.45, 7) is 3.60. The molecule has 0 radical (unpaired) electrons. The molecule has 0 saturated carbocycles. The lowest BCUT2D eigenvalue weighted by atomic mass is 10.0. The minimum absolute atomic E-state index is 0.276. The second-order valence-electron chi connectivity index (χ2n) is 5.28. The monoisotopic (exact) mass is 291 g/mol. The standard InChI is InChI=1S/C17H19F2NO/c1-11-8-17(14(12(2)21)9-16(11)19)20(3)10-13-6-4-5-7-15(13)18/h4-9,12,21H,10H2,1-3H3. The smallest absolute Gasteiger partial charge is 0.128 e. The molecule has 0 aromatic heterocycles. The molecule has 0 heterocycles. The van der Waals surface area contributed by atoms with Crippen molar-refractivity contribution in [1.82, 2.24) is 0 Å². The summed E-state index contributed by atoms with van der Waals surface area (Å²) >= 11 is 0. The van der Waals surface area contributed by atoms with Gasteiger partial charge in [0.05, 0.1) is 6.10 Å². The van der Waals surface area contributed by atoms with Gasteiger partial charge in [-0.25, -0.2) is 8.78 Å². The Labute approximate surface area is 123 Å². The average molecular weight is 291 g/mol. The highest BCUT2D eigenvalue weighted by Gasteiger charge is 2.16. The maximum Gasteiger partial charge on any atom is 0.128 e. The molecule has 0 amide bonds. The van der Waals surface area contributed by atoms with Gasteiger partial charge in [0.15, 0.2) is 0 Å². The topological polar surface area (TPSA) is 23.5 Å². The van der Waals surface area contributed by atoms with Crippen molar-refractivity contribution in [2.24, 2.45) is 0 Å². The summed E-state index contributed by atoms with van der Waals surface area (Å²) in [6, 6.07) is 9.56. The number of anilines is 1. The molecule has 2 aromatic carbocycles. The number of aryl methyl sites for hydroxylation is 1. The van der Waals surface area contributed by atoms with Gasteiger partial charge in [-0.3, -0.25) is 0 Å². The summed E-state index contributed by atoms with van der Waals surface area (Å²) in [5.41, 5.74) is 2.25. The summed E-state index contributed by atoms with van der Waals surface area (Å²) < 4.78 is 27.4. The predicted molar refractivity (Wildman–Crippen MR) is 80.3 cm³/mol. The van der Waals surface area contributed by atoms with Crippen LogP contribution in [0.4, 0.5) is 14.5 Å². The van der Waals surface area contributed by atoms with Crippen LogP contribution in [0.1, 0.15) is 29.7 Å². The van der Waals surface area contributed by atoms with Crippen LogP contribution in [-0.4, -0.2) is 12.2 Å². The van der Waals surface area contributed by atoms with Crippen LogP contribution in [0.3, 0.4) is 0 Å². The fourth-order valence-electron chi connectivity index (χ4n) is 2.31. The van der Waals surface area contributed by atoms with E-state index in [1.165, 1.54) is 12.1 Å². The molecule has 0 spiro atoms. The Morgan fingerprint density at radius 1 is 1.14 bits per heavy atom. The van der Waals surface area contributed by atoms with E-state index in [4.69, 9.17) is 0 Å². The Morgan fingerprint density at radius 2 is 1.81 bits per heavy atom. The molecule has 0 aliphatic carbocycles. The summed E-state index contributed by atoms with van der Waals surface area (Å²) in [6.07, 6.45) is -0.793. The van der Waals surface area contributed by atoms with Gasteiger partial charge in [0.2, 0.25) is 0 Å². The number of aliphatic hydroxyl groups excluding tert-OH is 1. The lowest BCUT2D eigenvalue weighted by Gasteiger charge is -2.25. The van der Waals surface area contributed by atoms with Gasteiger partial charge in [-0.05, 0) is 37.6 Å². The van der Waals surface area contributed by atoms with Crippen LogP contribution in [0, 0.1) is 18.6 Å². The molecule has 4 heteroatoms. The zero-order chi connectivity index (χ0) is 15.6. The maximum atomic E-state index is 13.7. The highest BCUT2D eigenvalue weighted by Crippen LogP contribution is 2.29. The van der Waals surface area contributed by atoms with E-state index in [9.17, 15) is 13.9 Å². The predicted octanol–water partition coefficient (Wildman–Crippen LogP) is 3.96. The van der Waals surface area contributed by atoms with Crippen molar-refractivity contribution in [3.8, 4) is 0 Å². The van der Waals surface area contributed by atoms with Gasteiger partial charge in [0, 0.05) is 30.4 Å². The van der Waals surface area contributed by atoms with E-state index in [0.29, 0.717) is 28.9 Å². The average Bonchev–Trinajstić information content (AvgIpc) is 2.43. The fraction of sp³-hybridized carbons (Fsp3) is 0.294. The summed E-state index contributed by atoms with van der Waals surface area (Å²) in [7, 11) is 1.80. The van der Waals surface area contributed by atoms with Gasteiger partial charge >= 0.3 is 0 Å². The molecular weight excluding hydrogens is 272 g/mol. The lowest BCUT2D eigenvalue weighted by Crippen LogP contribution is -2.20. The number of rotatable bonds is 4. The number of nitrogens with zero attached hydrogens (tertiary/aromatic N) is 1. The van der Waals surface area contributed by atoms with E-state index in [-0.39, 0.29) is 11.6 Å². The summed E-state index contributed by atoms with van der Waals surface area (Å²) in [5, 5.41) is 9.82. The third kappa shape index (κ3) is 3.39. The zero-order valence-corrected chi connectivity index (χ0v) is 12.4. The molecule has 1 unspecified atom stereocenters. The Kier molecular flexibility index (Phi) is 4.58. The van der Waals surface area contributed by atoms with E-state index >= 15 is 0 Å². The van der Waals surface area contributed by atoms with Gasteiger partial charge in [-0.2, -0.15) is 0 Å². The van der Waals surface area contributed by atoms with E-state index in [1.807, 2.05) is 4.90 Å². The maximum absolute atomic E-state index is 13.7. The molecule has 0 aliphatic heterocycles. The van der Waals surface area contributed by atoms with Crippen LogP contribution in [0.25, 0.3) is 0 Å². The number of aliphatic hydroxyl groups is 1. The Morgan fingerprint density at radius 3 is 2.43 bits per heavy atom. The minimum Gasteiger partial charge on any atom is -0.389 e. The van der Waals surface area contributed by atoms with Crippen molar-refractivity contribution < 1.29 is 13.9 Å². The molecule has 2 rings (SSSR count). The number of benzene rings is 2. The van der Waals surface area contributed by atoms with Crippen LogP contribution in [0.2, 0.25) is 0 Å². The molecule has 2 nitrogen and oxygen atoms in total. The van der Waals surface area contributed by atoms with Gasteiger partial charge in [0.1, 0.15) is 11.6 Å². The van der Waals surface area contributed by atoms with Gasteiger partial charge in [0.25, 0.3) is 0 Å². The SMILES string of the molecule is Cc1cc(N(C)Cc2ccccc2F)c(C(C)O)cc1F. The van der Waals surface area contributed by atoms with Crippen LogP contribution in [0.15, 0.2) is 36.4 Å². The first-order chi connectivity index (χ1) is 9.90. The number of hydrogen-bond donors (Lipinski definition) is 1. The minimum atomic E-state index is -0.793. The number of hydrogen-bond acceptors (Lipinski definition) is 2. The van der Waals surface area contributed by atoms with Crippen molar-refractivity contribution >= 4 is 5.69 Å². The Hall–Kier alpha value is -1.94. The first kappa shape index (κ1) is 15.4. The highest BCUT2D eigenvalue weighted by atomic mass is 19.1. The first-order valence-electron chi connectivity index (χ1n) is 6.82. The van der Waals surface area contributed by atoms with E-state index in [0.717, 1.165) is 0 Å². The Balaban J connectivity index is 2.37. The summed E-state index contributed by atoms with van der Waals surface area (Å²) in [4.78, 5) is 1.81. The van der Waals surface area contributed by atoms with Gasteiger partial charge in [-0.15, -0.1) is 0 Å². The molecule has 112 valence electrons. The Bertz CT molecular complexity index is 641. The third-order valence-corrected chi connectivity index (χ3v) is 3.53. The van der Waals surface area contributed by atoms with Crippen molar-refractivity contribution in [3.63, 3.8) is 0 Å². The largest absolute Gasteiger partial charge is 0.389 e. The van der Waals surface area contributed by atoms with Gasteiger partial charge < -0.3 is 10.0 Å². The van der Waals surface area contributed by atoms with Gasteiger partial charge in [-0.1, -0.05) is 18.2 Å². The van der Waals surface area contributed by atoms with Crippen molar-refractivity contribution in [2.75, 3.05) is 11.9 Å². The highest BCUT2D eigenvalue weighted by molar-refractivity contribution is 5.56. The van der Waals surface area contributed by atoms with E-state index in [2.05, 4.69) is 0 Å². The third-order valence-electron chi connectivity index (χ3n) is 3.53. The quantitative estimate of drug-likeness (QED) is 0.921. The molecular formula is C17H19F2NO. The molecule has 21 heavy (non-hydrogen) atoms. The van der Waals surface area contributed by atoms with Crippen LogP contribution in [-0.2, 0) is 6.54 Å². The molecule has 0 bridgehead atoms. The number of halogens is 2. The molecule has 1 N–H and O–H groups in total. The zero-order valence-electron chi connectivity index (χ0n) is 12.4. The van der Waals surface area contributed by atoms with Crippen LogP contribution < -0.4 is 4.90 Å². The summed E-state index contributed by atoms with van der Waals surface area (Å²) in [5.74, 6) is -0.629. The van der Waals surface area contributed by atoms with Crippen molar-refractivity contribution in [2.45, 2.75) is 26.5 Å². The second kappa shape index (κ2) is 6.22. The molecule has 0 fully saturated rings. The first-order valence-corrected chi connectivity index (χ1v) is 6.82. The van der Waals surface area contributed by atoms with Crippen molar-refractivity contribution in [1.29, 1.82) is 0 Å². The normalized spacial score (nSPS) is 12.3. The molecule has 1 atom stereocenters. The molecule has 0 aliphatic rings. The van der Waals surface area contributed by atoms with Crippen LogP contribution in [0.5, 0.6) is 0 Å². The van der Waals surface area contributed by atoms with Crippen LogP contribution >= 0.6 is 0 Å². The van der Waals surface area contributed by atoms with Crippen molar-refractivity contribution in [3.05, 3.63) is 64.7 Å². The van der Waals surface area contributed by atoms with E-state index < -0.39 is 6.10 Å².